The summed E-state index contributed by atoms with van der Waals surface area (Å²) >= 11 is 5.64. The zero-order chi connectivity index (χ0) is 8.27. The minimum atomic E-state index is 0.242. The molecule has 60 valence electrons. The topological polar surface area (TPSA) is 32.3 Å². The van der Waals surface area contributed by atoms with Gasteiger partial charge in [-0.15, -0.1) is 0 Å². The van der Waals surface area contributed by atoms with Crippen molar-refractivity contribution in [2.24, 2.45) is 0 Å². The van der Waals surface area contributed by atoms with Gasteiger partial charge in [0.15, 0.2) is 0 Å². The molecule has 0 spiro atoms. The Balaban J connectivity index is 2.90. The van der Waals surface area contributed by atoms with Crippen molar-refractivity contribution in [1.29, 1.82) is 0 Å². The summed E-state index contributed by atoms with van der Waals surface area (Å²) in [4.78, 5) is 0. The highest BCUT2D eigenvalue weighted by Gasteiger charge is 1.98. The van der Waals surface area contributed by atoms with Crippen LogP contribution in [0.25, 0.3) is 0 Å². The second-order valence-corrected chi connectivity index (χ2v) is 2.74. The summed E-state index contributed by atoms with van der Waals surface area (Å²) in [6.07, 6.45) is 0. The molecule has 0 bridgehead atoms. The Morgan fingerprint density at radius 1 is 1.55 bits per heavy atom. The summed E-state index contributed by atoms with van der Waals surface area (Å²) in [6.45, 7) is 0.656. The number of benzene rings is 1. The summed E-state index contributed by atoms with van der Waals surface area (Å²) in [7, 11) is 1.83. The molecule has 1 aromatic carbocycles. The van der Waals surface area contributed by atoms with E-state index in [4.69, 9.17) is 11.6 Å². The first-order valence-electron chi connectivity index (χ1n) is 3.36. The zero-order valence-electron chi connectivity index (χ0n) is 6.26. The number of phenols is 1. The lowest BCUT2D eigenvalue weighted by atomic mass is 10.2. The van der Waals surface area contributed by atoms with Crippen molar-refractivity contribution < 1.29 is 5.11 Å². The zero-order valence-corrected chi connectivity index (χ0v) is 7.02. The van der Waals surface area contributed by atoms with Crippen molar-refractivity contribution in [3.05, 3.63) is 28.8 Å². The minimum Gasteiger partial charge on any atom is -0.508 e. The fraction of sp³-hybridized carbons (Fsp3) is 0.250. The molecule has 1 rings (SSSR count). The van der Waals surface area contributed by atoms with E-state index in [1.165, 1.54) is 6.07 Å². The molecule has 0 saturated heterocycles. The van der Waals surface area contributed by atoms with Crippen molar-refractivity contribution in [2.75, 3.05) is 7.05 Å². The van der Waals surface area contributed by atoms with Crippen LogP contribution >= 0.6 is 11.6 Å². The molecule has 0 aromatic heterocycles. The summed E-state index contributed by atoms with van der Waals surface area (Å²) in [5.74, 6) is 0.242. The van der Waals surface area contributed by atoms with Crippen LogP contribution in [-0.4, -0.2) is 12.2 Å². The third-order valence-electron chi connectivity index (χ3n) is 1.41. The highest BCUT2D eigenvalue weighted by atomic mass is 35.5. The molecular formula is C8H10ClNO. The van der Waals surface area contributed by atoms with Crippen molar-refractivity contribution >= 4 is 11.6 Å². The number of rotatable bonds is 2. The molecule has 2 nitrogen and oxygen atoms in total. The quantitative estimate of drug-likeness (QED) is 0.711. The molecule has 2 N–H and O–H groups in total. The minimum absolute atomic E-state index is 0.242. The van der Waals surface area contributed by atoms with Gasteiger partial charge in [-0.25, -0.2) is 0 Å². The molecule has 0 heterocycles. The monoisotopic (exact) mass is 171 g/mol. The van der Waals surface area contributed by atoms with Gasteiger partial charge in [0.05, 0.1) is 0 Å². The third-order valence-corrected chi connectivity index (χ3v) is 1.65. The maximum absolute atomic E-state index is 9.30. The average Bonchev–Trinajstić information content (AvgIpc) is 1.95. The normalized spacial score (nSPS) is 10.0. The van der Waals surface area contributed by atoms with E-state index >= 15 is 0 Å². The summed E-state index contributed by atoms with van der Waals surface area (Å²) in [5, 5.41) is 12.8. The molecule has 0 amide bonds. The van der Waals surface area contributed by atoms with Gasteiger partial charge in [0.1, 0.15) is 5.75 Å². The van der Waals surface area contributed by atoms with Gasteiger partial charge in [0, 0.05) is 17.1 Å². The second-order valence-electron chi connectivity index (χ2n) is 2.30. The van der Waals surface area contributed by atoms with Crippen LogP contribution in [0.3, 0.4) is 0 Å². The lowest BCUT2D eigenvalue weighted by Crippen LogP contribution is -2.04. The van der Waals surface area contributed by atoms with Crippen LogP contribution in [0.5, 0.6) is 5.75 Å². The Labute approximate surface area is 70.8 Å². The van der Waals surface area contributed by atoms with E-state index in [9.17, 15) is 5.11 Å². The number of hydrogen-bond acceptors (Lipinski definition) is 2. The maximum Gasteiger partial charge on any atom is 0.121 e. The van der Waals surface area contributed by atoms with Gasteiger partial charge in [0.2, 0.25) is 0 Å². The molecule has 0 atom stereocenters. The first-order chi connectivity index (χ1) is 5.24. The van der Waals surface area contributed by atoms with E-state index in [0.717, 1.165) is 5.56 Å². The molecule has 0 aliphatic rings. The van der Waals surface area contributed by atoms with Crippen LogP contribution in [-0.2, 0) is 6.54 Å². The van der Waals surface area contributed by atoms with Gasteiger partial charge in [-0.1, -0.05) is 17.7 Å². The van der Waals surface area contributed by atoms with E-state index in [1.807, 2.05) is 7.05 Å². The average molecular weight is 172 g/mol. The van der Waals surface area contributed by atoms with E-state index in [2.05, 4.69) is 5.32 Å². The van der Waals surface area contributed by atoms with Crippen molar-refractivity contribution in [3.8, 4) is 5.75 Å². The van der Waals surface area contributed by atoms with E-state index in [1.54, 1.807) is 12.1 Å². The summed E-state index contributed by atoms with van der Waals surface area (Å²) < 4.78 is 0. The second kappa shape index (κ2) is 3.60. The molecule has 0 aliphatic heterocycles. The molecular weight excluding hydrogens is 162 g/mol. The first-order valence-corrected chi connectivity index (χ1v) is 3.74. The molecule has 0 fully saturated rings. The lowest BCUT2D eigenvalue weighted by molar-refractivity contribution is 0.466. The molecule has 1 aromatic rings. The number of nitrogens with one attached hydrogen (secondary N) is 1. The molecule has 0 radical (unpaired) electrons. The Hall–Kier alpha value is -0.730. The first kappa shape index (κ1) is 8.37. The SMILES string of the molecule is CNCc1ccc(Cl)cc1O. The van der Waals surface area contributed by atoms with Crippen molar-refractivity contribution in [3.63, 3.8) is 0 Å². The van der Waals surface area contributed by atoms with Crippen LogP contribution in [0.1, 0.15) is 5.56 Å². The van der Waals surface area contributed by atoms with Crippen LogP contribution in [0.2, 0.25) is 5.02 Å². The molecule has 3 heteroatoms. The maximum atomic E-state index is 9.30. The summed E-state index contributed by atoms with van der Waals surface area (Å²) in [5.41, 5.74) is 0.858. The Bertz CT molecular complexity index is 250. The Kier molecular flexibility index (Phi) is 2.74. The molecule has 0 saturated carbocycles. The fourth-order valence-corrected chi connectivity index (χ4v) is 1.04. The number of phenolic OH excluding ortho intramolecular Hbond substituents is 1. The van der Waals surface area contributed by atoms with Crippen LogP contribution in [0.15, 0.2) is 18.2 Å². The van der Waals surface area contributed by atoms with E-state index < -0.39 is 0 Å². The van der Waals surface area contributed by atoms with Gasteiger partial charge < -0.3 is 10.4 Å². The lowest BCUT2D eigenvalue weighted by Gasteiger charge is -2.02. The van der Waals surface area contributed by atoms with Crippen LogP contribution < -0.4 is 5.32 Å². The standard InChI is InChI=1S/C8H10ClNO/c1-10-5-6-2-3-7(9)4-8(6)11/h2-4,10-11H,5H2,1H3. The highest BCUT2D eigenvalue weighted by molar-refractivity contribution is 6.30. The predicted molar refractivity (Wildman–Crippen MR) is 45.9 cm³/mol. The van der Waals surface area contributed by atoms with Gasteiger partial charge in [-0.05, 0) is 19.2 Å². The molecule has 0 aliphatic carbocycles. The predicted octanol–water partition coefficient (Wildman–Crippen LogP) is 1.77. The number of aromatic hydroxyl groups is 1. The molecule has 0 unspecified atom stereocenters. The van der Waals surface area contributed by atoms with Crippen molar-refractivity contribution in [2.45, 2.75) is 6.54 Å². The third kappa shape index (κ3) is 2.10. The van der Waals surface area contributed by atoms with Gasteiger partial charge >= 0.3 is 0 Å². The van der Waals surface area contributed by atoms with Crippen LogP contribution in [0.4, 0.5) is 0 Å². The van der Waals surface area contributed by atoms with Gasteiger partial charge in [-0.2, -0.15) is 0 Å². The summed E-state index contributed by atoms with van der Waals surface area (Å²) in [6, 6.07) is 5.09. The smallest absolute Gasteiger partial charge is 0.121 e. The molecule has 11 heavy (non-hydrogen) atoms. The van der Waals surface area contributed by atoms with E-state index in [-0.39, 0.29) is 5.75 Å². The van der Waals surface area contributed by atoms with Gasteiger partial charge in [-0.3, -0.25) is 0 Å². The van der Waals surface area contributed by atoms with Gasteiger partial charge in [0.25, 0.3) is 0 Å². The van der Waals surface area contributed by atoms with Crippen molar-refractivity contribution in [1.82, 2.24) is 5.32 Å². The number of halogens is 1. The highest BCUT2D eigenvalue weighted by Crippen LogP contribution is 2.21. The Morgan fingerprint density at radius 2 is 2.27 bits per heavy atom. The largest absolute Gasteiger partial charge is 0.508 e. The van der Waals surface area contributed by atoms with E-state index in [0.29, 0.717) is 11.6 Å². The Morgan fingerprint density at radius 3 is 2.82 bits per heavy atom. The number of hydrogen-bond donors (Lipinski definition) is 2. The van der Waals surface area contributed by atoms with Crippen LogP contribution in [0, 0.1) is 0 Å². The fourth-order valence-electron chi connectivity index (χ4n) is 0.877.